The average Bonchev–Trinajstić information content (AvgIpc) is 2.31. The molecule has 0 aliphatic rings. The number of halogens is 2. The van der Waals surface area contributed by atoms with Crippen LogP contribution in [-0.4, -0.2) is 0 Å². The monoisotopic (exact) mass is 350 g/mol. The molecular formula is C13H8Br2N2. The smallest absolute Gasteiger partial charge is 0.101 e. The highest BCUT2D eigenvalue weighted by Crippen LogP contribution is 2.25. The molecule has 2 nitrogen and oxygen atoms in total. The maximum absolute atomic E-state index is 9.06. The second-order valence-corrected chi connectivity index (χ2v) is 5.27. The predicted octanol–water partition coefficient (Wildman–Crippen LogP) is 4.83. The van der Waals surface area contributed by atoms with Crippen LogP contribution in [0.1, 0.15) is 5.56 Å². The van der Waals surface area contributed by atoms with Crippen LogP contribution in [0.4, 0.5) is 11.4 Å². The van der Waals surface area contributed by atoms with E-state index < -0.39 is 0 Å². The van der Waals surface area contributed by atoms with E-state index in [0.717, 1.165) is 20.3 Å². The molecule has 0 spiro atoms. The number of anilines is 2. The maximum Gasteiger partial charge on any atom is 0.101 e. The Morgan fingerprint density at radius 1 is 1.00 bits per heavy atom. The Hall–Kier alpha value is -1.31. The summed E-state index contributed by atoms with van der Waals surface area (Å²) >= 11 is 6.76. The highest BCUT2D eigenvalue weighted by Gasteiger charge is 2.03. The van der Waals surface area contributed by atoms with Crippen LogP contribution in [0.2, 0.25) is 0 Å². The first-order valence-electron chi connectivity index (χ1n) is 4.91. The average molecular weight is 352 g/mol. The van der Waals surface area contributed by atoms with Crippen LogP contribution in [0.25, 0.3) is 0 Å². The molecule has 2 aromatic carbocycles. The molecule has 1 N–H and O–H groups in total. The van der Waals surface area contributed by atoms with Crippen LogP contribution in [0.3, 0.4) is 0 Å². The van der Waals surface area contributed by atoms with Gasteiger partial charge in [-0.05, 0) is 36.4 Å². The van der Waals surface area contributed by atoms with Crippen LogP contribution in [0, 0.1) is 11.3 Å². The summed E-state index contributed by atoms with van der Waals surface area (Å²) < 4.78 is 1.90. The molecule has 17 heavy (non-hydrogen) atoms. The zero-order valence-electron chi connectivity index (χ0n) is 8.74. The minimum absolute atomic E-state index is 0.611. The fraction of sp³-hybridized carbons (Fsp3) is 0. The van der Waals surface area contributed by atoms with Crippen LogP contribution in [0.5, 0.6) is 0 Å². The molecule has 0 atom stereocenters. The molecule has 0 amide bonds. The number of rotatable bonds is 2. The minimum Gasteiger partial charge on any atom is -0.354 e. The van der Waals surface area contributed by atoms with E-state index in [4.69, 9.17) is 5.26 Å². The summed E-state index contributed by atoms with van der Waals surface area (Å²) in [5, 5.41) is 12.3. The molecule has 0 unspecified atom stereocenters. The lowest BCUT2D eigenvalue weighted by atomic mass is 10.2. The van der Waals surface area contributed by atoms with E-state index >= 15 is 0 Å². The van der Waals surface area contributed by atoms with Gasteiger partial charge in [0.15, 0.2) is 0 Å². The predicted molar refractivity (Wildman–Crippen MR) is 76.3 cm³/mol. The first kappa shape index (κ1) is 12.2. The van der Waals surface area contributed by atoms with Crippen molar-refractivity contribution in [1.82, 2.24) is 0 Å². The Kier molecular flexibility index (Phi) is 3.82. The zero-order chi connectivity index (χ0) is 12.3. The number of hydrogen-bond donors (Lipinski definition) is 1. The second kappa shape index (κ2) is 5.35. The first-order valence-corrected chi connectivity index (χ1v) is 6.50. The molecule has 0 saturated carbocycles. The van der Waals surface area contributed by atoms with Gasteiger partial charge in [0.2, 0.25) is 0 Å². The lowest BCUT2D eigenvalue weighted by Gasteiger charge is -2.08. The maximum atomic E-state index is 9.06. The third kappa shape index (κ3) is 3.09. The van der Waals surface area contributed by atoms with Gasteiger partial charge in [-0.25, -0.2) is 0 Å². The number of hydrogen-bond acceptors (Lipinski definition) is 2. The van der Waals surface area contributed by atoms with Gasteiger partial charge in [-0.1, -0.05) is 37.9 Å². The van der Waals surface area contributed by atoms with Crippen molar-refractivity contribution in [2.24, 2.45) is 0 Å². The van der Waals surface area contributed by atoms with Crippen LogP contribution in [0.15, 0.2) is 51.4 Å². The zero-order valence-corrected chi connectivity index (χ0v) is 11.9. The van der Waals surface area contributed by atoms with E-state index in [9.17, 15) is 0 Å². The molecule has 0 aliphatic heterocycles. The highest BCUT2D eigenvalue weighted by atomic mass is 79.9. The summed E-state index contributed by atoms with van der Waals surface area (Å²) in [5.41, 5.74) is 2.35. The van der Waals surface area contributed by atoms with Gasteiger partial charge in [-0.2, -0.15) is 5.26 Å². The van der Waals surface area contributed by atoms with Crippen molar-refractivity contribution in [3.05, 3.63) is 57.0 Å². The Labute approximate surface area is 117 Å². The van der Waals surface area contributed by atoms with Gasteiger partial charge in [0.1, 0.15) is 6.07 Å². The molecule has 0 aromatic heterocycles. The molecule has 0 radical (unpaired) electrons. The molecule has 0 aliphatic carbocycles. The fourth-order valence-corrected chi connectivity index (χ4v) is 2.20. The van der Waals surface area contributed by atoms with E-state index in [-0.39, 0.29) is 0 Å². The van der Waals surface area contributed by atoms with Crippen molar-refractivity contribution >= 4 is 43.2 Å². The van der Waals surface area contributed by atoms with Gasteiger partial charge >= 0.3 is 0 Å². The normalized spacial score (nSPS) is 9.71. The molecule has 0 heterocycles. The van der Waals surface area contributed by atoms with Crippen LogP contribution >= 0.6 is 31.9 Å². The Bertz CT molecular complexity index is 588. The van der Waals surface area contributed by atoms with Crippen LogP contribution in [-0.2, 0) is 0 Å². The molecule has 0 fully saturated rings. The summed E-state index contributed by atoms with van der Waals surface area (Å²) in [7, 11) is 0. The molecule has 0 bridgehead atoms. The number of nitrogens with zero attached hydrogens (tertiary/aromatic N) is 1. The summed E-state index contributed by atoms with van der Waals surface area (Å²) in [4.78, 5) is 0. The molecule has 4 heteroatoms. The lowest BCUT2D eigenvalue weighted by Crippen LogP contribution is -1.93. The van der Waals surface area contributed by atoms with Gasteiger partial charge in [-0.15, -0.1) is 0 Å². The Morgan fingerprint density at radius 3 is 2.47 bits per heavy atom. The van der Waals surface area contributed by atoms with Gasteiger partial charge in [0, 0.05) is 14.6 Å². The van der Waals surface area contributed by atoms with Gasteiger partial charge < -0.3 is 5.32 Å². The third-order valence-electron chi connectivity index (χ3n) is 2.21. The molecule has 84 valence electrons. The summed E-state index contributed by atoms with van der Waals surface area (Å²) in [5.74, 6) is 0. The van der Waals surface area contributed by atoms with E-state index in [1.165, 1.54) is 0 Å². The van der Waals surface area contributed by atoms with E-state index in [1.807, 2.05) is 36.4 Å². The number of benzene rings is 2. The summed E-state index contributed by atoms with van der Waals surface area (Å²) in [6.45, 7) is 0. The highest BCUT2D eigenvalue weighted by molar-refractivity contribution is 9.10. The molecule has 2 aromatic rings. The topological polar surface area (TPSA) is 35.8 Å². The second-order valence-electron chi connectivity index (χ2n) is 3.44. The van der Waals surface area contributed by atoms with E-state index in [0.29, 0.717) is 5.56 Å². The molecular weight excluding hydrogens is 344 g/mol. The fourth-order valence-electron chi connectivity index (χ4n) is 1.44. The number of nitrogens with one attached hydrogen (secondary N) is 1. The Morgan fingerprint density at radius 2 is 1.76 bits per heavy atom. The van der Waals surface area contributed by atoms with Crippen molar-refractivity contribution in [3.8, 4) is 6.07 Å². The van der Waals surface area contributed by atoms with Crippen molar-refractivity contribution in [2.75, 3.05) is 5.32 Å². The largest absolute Gasteiger partial charge is 0.354 e. The van der Waals surface area contributed by atoms with Crippen molar-refractivity contribution < 1.29 is 0 Å². The van der Waals surface area contributed by atoms with Crippen molar-refractivity contribution in [2.45, 2.75) is 0 Å². The van der Waals surface area contributed by atoms with Crippen molar-refractivity contribution in [3.63, 3.8) is 0 Å². The Balaban J connectivity index is 2.34. The molecule has 0 saturated heterocycles. The number of nitriles is 1. The SMILES string of the molecule is N#Cc1cc(Br)ccc1Nc1cccc(Br)c1. The molecule has 2 rings (SSSR count). The third-order valence-corrected chi connectivity index (χ3v) is 3.19. The van der Waals surface area contributed by atoms with Crippen LogP contribution < -0.4 is 5.32 Å². The van der Waals surface area contributed by atoms with Gasteiger partial charge in [0.05, 0.1) is 11.3 Å². The van der Waals surface area contributed by atoms with Crippen molar-refractivity contribution in [1.29, 1.82) is 5.26 Å². The summed E-state index contributed by atoms with van der Waals surface area (Å²) in [6, 6.07) is 15.6. The lowest BCUT2D eigenvalue weighted by molar-refractivity contribution is 1.45. The van der Waals surface area contributed by atoms with Gasteiger partial charge in [0.25, 0.3) is 0 Å². The minimum atomic E-state index is 0.611. The summed E-state index contributed by atoms with van der Waals surface area (Å²) in [6.07, 6.45) is 0. The quantitative estimate of drug-likeness (QED) is 0.841. The standard InChI is InChI=1S/C13H8Br2N2/c14-10-2-1-3-12(7-10)17-13-5-4-11(15)6-9(13)8-16/h1-7,17H. The van der Waals surface area contributed by atoms with E-state index in [1.54, 1.807) is 6.07 Å². The first-order chi connectivity index (χ1) is 8.19. The van der Waals surface area contributed by atoms with Gasteiger partial charge in [-0.3, -0.25) is 0 Å². The van der Waals surface area contributed by atoms with E-state index in [2.05, 4.69) is 43.2 Å².